The number of benzene rings is 1. The smallest absolute Gasteiger partial charge is 0.286 e. The Bertz CT molecular complexity index is 716. The van der Waals surface area contributed by atoms with Crippen molar-refractivity contribution >= 4 is 27.7 Å². The van der Waals surface area contributed by atoms with Crippen LogP contribution in [0, 0.1) is 0 Å². The van der Waals surface area contributed by atoms with Crippen LogP contribution in [0.15, 0.2) is 34.9 Å². The third kappa shape index (κ3) is 4.29. The van der Waals surface area contributed by atoms with Gasteiger partial charge in [0.25, 0.3) is 11.8 Å². The van der Waals surface area contributed by atoms with Crippen LogP contribution in [0.2, 0.25) is 0 Å². The van der Waals surface area contributed by atoms with Gasteiger partial charge in [0, 0.05) is 11.8 Å². The van der Waals surface area contributed by atoms with E-state index in [2.05, 4.69) is 31.8 Å². The van der Waals surface area contributed by atoms with Crippen molar-refractivity contribution in [3.63, 3.8) is 0 Å². The topological polar surface area (TPSA) is 92.5 Å². The number of amides is 2. The van der Waals surface area contributed by atoms with E-state index in [1.165, 1.54) is 7.11 Å². The largest absolute Gasteiger partial charge is 0.493 e. The van der Waals surface area contributed by atoms with Crippen LogP contribution < -0.4 is 20.3 Å². The van der Waals surface area contributed by atoms with Gasteiger partial charge >= 0.3 is 0 Å². The fraction of sp³-hybridized carbons (Fsp3) is 0.250. The molecule has 1 aromatic carbocycles. The molecule has 0 aliphatic carbocycles. The van der Waals surface area contributed by atoms with Gasteiger partial charge in [-0.3, -0.25) is 20.4 Å². The molecule has 0 radical (unpaired) electrons. The van der Waals surface area contributed by atoms with Crippen molar-refractivity contribution in [3.8, 4) is 11.5 Å². The van der Waals surface area contributed by atoms with Gasteiger partial charge in [0.1, 0.15) is 5.69 Å². The molecule has 2 rings (SSSR count). The highest BCUT2D eigenvalue weighted by molar-refractivity contribution is 9.10. The molecule has 24 heavy (non-hydrogen) atoms. The molecule has 0 unspecified atom stereocenters. The van der Waals surface area contributed by atoms with Gasteiger partial charge in [-0.25, -0.2) is 0 Å². The van der Waals surface area contributed by atoms with Crippen LogP contribution in [0.25, 0.3) is 0 Å². The lowest BCUT2D eigenvalue weighted by atomic mass is 10.2. The minimum Gasteiger partial charge on any atom is -0.493 e. The summed E-state index contributed by atoms with van der Waals surface area (Å²) in [5.41, 5.74) is 5.34. The summed E-state index contributed by atoms with van der Waals surface area (Å²) >= 11 is 3.37. The zero-order valence-corrected chi connectivity index (χ0v) is 14.9. The fourth-order valence-electron chi connectivity index (χ4n) is 1.92. The Hall–Kier alpha value is -2.48. The first-order valence-corrected chi connectivity index (χ1v) is 8.10. The Labute approximate surface area is 147 Å². The standard InChI is InChI=1S/C16H18BrN3O4/c1-3-7-24-14-11(17)8-10(9-13(14)23-2)15(21)19-20-16(22)12-5-4-6-18-12/h4-6,8-9,18H,3,7H2,1-2H3,(H,19,21)(H,20,22). The Balaban J connectivity index is 2.09. The number of nitrogens with one attached hydrogen (secondary N) is 3. The summed E-state index contributed by atoms with van der Waals surface area (Å²) in [5, 5.41) is 0. The Kier molecular flexibility index (Phi) is 6.25. The molecule has 3 N–H and O–H groups in total. The zero-order valence-electron chi connectivity index (χ0n) is 13.3. The van der Waals surface area contributed by atoms with Gasteiger partial charge in [-0.15, -0.1) is 0 Å². The van der Waals surface area contributed by atoms with E-state index in [-0.39, 0.29) is 0 Å². The van der Waals surface area contributed by atoms with Crippen LogP contribution in [-0.4, -0.2) is 30.5 Å². The molecule has 7 nitrogen and oxygen atoms in total. The molecule has 0 spiro atoms. The maximum Gasteiger partial charge on any atom is 0.286 e. The average molecular weight is 396 g/mol. The number of ether oxygens (including phenoxy) is 2. The van der Waals surface area contributed by atoms with Gasteiger partial charge in [0.2, 0.25) is 0 Å². The van der Waals surface area contributed by atoms with Gasteiger partial charge < -0.3 is 14.5 Å². The monoisotopic (exact) mass is 395 g/mol. The van der Waals surface area contributed by atoms with Crippen LogP contribution in [0.3, 0.4) is 0 Å². The van der Waals surface area contributed by atoms with Crippen molar-refractivity contribution in [2.24, 2.45) is 0 Å². The molecule has 0 aliphatic heterocycles. The van der Waals surface area contributed by atoms with Crippen LogP contribution >= 0.6 is 15.9 Å². The number of carbonyl (C=O) groups excluding carboxylic acids is 2. The molecule has 128 valence electrons. The maximum atomic E-state index is 12.2. The van der Waals surface area contributed by atoms with Gasteiger partial charge in [-0.1, -0.05) is 6.92 Å². The molecule has 8 heteroatoms. The Morgan fingerprint density at radius 1 is 1.25 bits per heavy atom. The van der Waals surface area contributed by atoms with Crippen LogP contribution in [0.4, 0.5) is 0 Å². The molecule has 0 saturated heterocycles. The Morgan fingerprint density at radius 2 is 2.00 bits per heavy atom. The second-order valence-electron chi connectivity index (χ2n) is 4.83. The second kappa shape index (κ2) is 8.39. The van der Waals surface area contributed by atoms with Crippen molar-refractivity contribution in [3.05, 3.63) is 46.2 Å². The normalized spacial score (nSPS) is 10.1. The van der Waals surface area contributed by atoms with Crippen molar-refractivity contribution in [2.45, 2.75) is 13.3 Å². The average Bonchev–Trinajstić information content (AvgIpc) is 3.12. The first kappa shape index (κ1) is 17.9. The summed E-state index contributed by atoms with van der Waals surface area (Å²) in [4.78, 5) is 26.8. The number of carbonyl (C=O) groups is 2. The lowest BCUT2D eigenvalue weighted by Gasteiger charge is -2.14. The van der Waals surface area contributed by atoms with Gasteiger partial charge in [0.15, 0.2) is 11.5 Å². The summed E-state index contributed by atoms with van der Waals surface area (Å²) in [6.07, 6.45) is 2.47. The number of halogens is 1. The summed E-state index contributed by atoms with van der Waals surface area (Å²) in [5.74, 6) is 0.0446. The summed E-state index contributed by atoms with van der Waals surface area (Å²) < 4.78 is 11.5. The molecular weight excluding hydrogens is 378 g/mol. The van der Waals surface area contributed by atoms with Gasteiger partial charge in [-0.05, 0) is 46.6 Å². The van der Waals surface area contributed by atoms with E-state index < -0.39 is 11.8 Å². The number of rotatable bonds is 6. The molecule has 2 amide bonds. The van der Waals surface area contributed by atoms with Gasteiger partial charge in [-0.2, -0.15) is 0 Å². The molecule has 0 saturated carbocycles. The SMILES string of the molecule is CCCOc1c(Br)cc(C(=O)NNC(=O)c2ccc[nH]2)cc1OC. The van der Waals surface area contributed by atoms with E-state index in [0.29, 0.717) is 33.8 Å². The van der Waals surface area contributed by atoms with E-state index in [1.54, 1.807) is 30.5 Å². The van der Waals surface area contributed by atoms with Crippen molar-refractivity contribution in [2.75, 3.05) is 13.7 Å². The minimum atomic E-state index is -0.476. The number of hydrazine groups is 1. The molecule has 0 bridgehead atoms. The lowest BCUT2D eigenvalue weighted by molar-refractivity contribution is 0.0844. The van der Waals surface area contributed by atoms with E-state index in [1.807, 2.05) is 6.92 Å². The van der Waals surface area contributed by atoms with Crippen LogP contribution in [0.5, 0.6) is 11.5 Å². The quantitative estimate of drug-likeness (QED) is 0.655. The number of hydrogen-bond acceptors (Lipinski definition) is 4. The molecule has 0 aliphatic rings. The highest BCUT2D eigenvalue weighted by Crippen LogP contribution is 2.36. The lowest BCUT2D eigenvalue weighted by Crippen LogP contribution is -2.41. The van der Waals surface area contributed by atoms with Crippen LogP contribution in [0.1, 0.15) is 34.2 Å². The Morgan fingerprint density at radius 3 is 2.62 bits per heavy atom. The second-order valence-corrected chi connectivity index (χ2v) is 5.68. The summed E-state index contributed by atoms with van der Waals surface area (Å²) in [7, 11) is 1.50. The highest BCUT2D eigenvalue weighted by atomic mass is 79.9. The van der Waals surface area contributed by atoms with Gasteiger partial charge in [0.05, 0.1) is 18.2 Å². The molecule has 0 fully saturated rings. The number of H-pyrrole nitrogens is 1. The number of hydrogen-bond donors (Lipinski definition) is 3. The molecule has 0 atom stereocenters. The number of aromatic nitrogens is 1. The third-order valence-corrected chi connectivity index (χ3v) is 3.66. The first-order valence-electron chi connectivity index (χ1n) is 7.31. The summed E-state index contributed by atoms with van der Waals surface area (Å²) in [6.45, 7) is 2.53. The van der Waals surface area contributed by atoms with Crippen molar-refractivity contribution in [1.29, 1.82) is 0 Å². The maximum absolute atomic E-state index is 12.2. The van der Waals surface area contributed by atoms with Crippen molar-refractivity contribution in [1.82, 2.24) is 15.8 Å². The zero-order chi connectivity index (χ0) is 17.5. The summed E-state index contributed by atoms with van der Waals surface area (Å²) in [6, 6.07) is 6.43. The molecular formula is C16H18BrN3O4. The minimum absolute atomic E-state index is 0.314. The van der Waals surface area contributed by atoms with E-state index in [4.69, 9.17) is 9.47 Å². The molecule has 1 aromatic heterocycles. The van der Waals surface area contributed by atoms with E-state index >= 15 is 0 Å². The first-order chi connectivity index (χ1) is 11.6. The molecule has 1 heterocycles. The predicted octanol–water partition coefficient (Wildman–Crippen LogP) is 2.65. The third-order valence-electron chi connectivity index (χ3n) is 3.07. The highest BCUT2D eigenvalue weighted by Gasteiger charge is 2.16. The number of methoxy groups -OCH3 is 1. The van der Waals surface area contributed by atoms with Crippen molar-refractivity contribution < 1.29 is 19.1 Å². The fourth-order valence-corrected chi connectivity index (χ4v) is 2.48. The van der Waals surface area contributed by atoms with E-state index in [9.17, 15) is 9.59 Å². The van der Waals surface area contributed by atoms with Crippen LogP contribution in [-0.2, 0) is 0 Å². The van der Waals surface area contributed by atoms with E-state index in [0.717, 1.165) is 6.42 Å². The predicted molar refractivity (Wildman–Crippen MR) is 92.2 cm³/mol. The molecule has 2 aromatic rings. The number of aromatic amines is 1.